The average Bonchev–Trinajstić information content (AvgIpc) is 2.89. The molecule has 0 saturated heterocycles. The number of hydrogen-bond acceptors (Lipinski definition) is 4. The van der Waals surface area contributed by atoms with Gasteiger partial charge in [-0.1, -0.05) is 18.0 Å². The van der Waals surface area contributed by atoms with Gasteiger partial charge in [-0.3, -0.25) is 4.79 Å². The lowest BCUT2D eigenvalue weighted by molar-refractivity contribution is -0.127. The number of carbonyl (C=O) groups is 1. The molecule has 1 saturated carbocycles. The Labute approximate surface area is 101 Å². The third-order valence-electron chi connectivity index (χ3n) is 3.48. The lowest BCUT2D eigenvalue weighted by Gasteiger charge is -2.29. The highest BCUT2D eigenvalue weighted by atomic mass is 16.5. The first kappa shape index (κ1) is 12.1. The van der Waals surface area contributed by atoms with Gasteiger partial charge in [-0.15, -0.1) is 0 Å². The third kappa shape index (κ3) is 3.06. The van der Waals surface area contributed by atoms with E-state index < -0.39 is 0 Å². The van der Waals surface area contributed by atoms with Crippen molar-refractivity contribution in [2.45, 2.75) is 32.2 Å². The summed E-state index contributed by atoms with van der Waals surface area (Å²) < 4.78 is 4.71. The minimum absolute atomic E-state index is 0.0700. The van der Waals surface area contributed by atoms with Crippen LogP contribution in [0.15, 0.2) is 16.9 Å². The van der Waals surface area contributed by atoms with Crippen molar-refractivity contribution in [2.75, 3.05) is 6.54 Å². The molecule has 1 fully saturated rings. The minimum Gasteiger partial charge on any atom is -0.364 e. The van der Waals surface area contributed by atoms with Gasteiger partial charge in [0.15, 0.2) is 0 Å². The quantitative estimate of drug-likeness (QED) is 0.820. The van der Waals surface area contributed by atoms with Crippen LogP contribution in [0.5, 0.6) is 0 Å². The summed E-state index contributed by atoms with van der Waals surface area (Å²) in [6.45, 7) is 1.03. The molecule has 1 heterocycles. The highest BCUT2D eigenvalue weighted by molar-refractivity contribution is 5.79. The van der Waals surface area contributed by atoms with Gasteiger partial charge in [0.1, 0.15) is 12.0 Å². The van der Waals surface area contributed by atoms with Crippen molar-refractivity contribution in [3.8, 4) is 0 Å². The van der Waals surface area contributed by atoms with Crippen molar-refractivity contribution in [3.05, 3.63) is 18.0 Å². The van der Waals surface area contributed by atoms with Crippen molar-refractivity contribution in [3.63, 3.8) is 0 Å². The molecular weight excluding hydrogens is 218 g/mol. The van der Waals surface area contributed by atoms with E-state index in [1.54, 1.807) is 6.07 Å². The van der Waals surface area contributed by atoms with E-state index >= 15 is 0 Å². The van der Waals surface area contributed by atoms with Crippen molar-refractivity contribution in [2.24, 2.45) is 17.6 Å². The Bertz CT molecular complexity index is 351. The van der Waals surface area contributed by atoms with E-state index in [9.17, 15) is 4.79 Å². The van der Waals surface area contributed by atoms with Crippen molar-refractivity contribution in [1.29, 1.82) is 0 Å². The Morgan fingerprint density at radius 1 is 1.53 bits per heavy atom. The minimum atomic E-state index is 0.0700. The van der Waals surface area contributed by atoms with Crippen LogP contribution in [0.3, 0.4) is 0 Å². The maximum atomic E-state index is 12.0. The van der Waals surface area contributed by atoms with Crippen LogP contribution in [-0.2, 0) is 11.3 Å². The monoisotopic (exact) mass is 237 g/mol. The van der Waals surface area contributed by atoms with Crippen LogP contribution >= 0.6 is 0 Å². The number of nitrogens with zero attached hydrogens (tertiary/aromatic N) is 1. The lowest BCUT2D eigenvalue weighted by atomic mass is 9.79. The van der Waals surface area contributed by atoms with Gasteiger partial charge in [-0.25, -0.2) is 0 Å². The van der Waals surface area contributed by atoms with E-state index in [0.717, 1.165) is 25.0 Å². The molecule has 1 amide bonds. The Morgan fingerprint density at radius 3 is 3.06 bits per heavy atom. The van der Waals surface area contributed by atoms with Crippen LogP contribution in [0, 0.1) is 11.8 Å². The summed E-state index contributed by atoms with van der Waals surface area (Å²) in [5.41, 5.74) is 6.46. The first-order valence-electron chi connectivity index (χ1n) is 6.18. The topological polar surface area (TPSA) is 81.2 Å². The van der Waals surface area contributed by atoms with E-state index in [2.05, 4.69) is 10.5 Å². The molecule has 2 rings (SSSR count). The number of nitrogens with one attached hydrogen (secondary N) is 1. The predicted octanol–water partition coefficient (Wildman–Crippen LogP) is 1.06. The second-order valence-electron chi connectivity index (χ2n) is 4.60. The summed E-state index contributed by atoms with van der Waals surface area (Å²) in [6.07, 6.45) is 5.84. The number of carbonyl (C=O) groups excluding carboxylic acids is 1. The van der Waals surface area contributed by atoms with Gasteiger partial charge in [0.2, 0.25) is 5.91 Å². The SMILES string of the molecule is NCC1CCCCC1C(=O)NCc1ccon1. The van der Waals surface area contributed by atoms with Crippen molar-refractivity contribution >= 4 is 5.91 Å². The molecule has 3 N–H and O–H groups in total. The van der Waals surface area contributed by atoms with Crippen molar-refractivity contribution < 1.29 is 9.32 Å². The zero-order chi connectivity index (χ0) is 12.1. The van der Waals surface area contributed by atoms with E-state index in [4.69, 9.17) is 10.3 Å². The number of amides is 1. The molecule has 1 aromatic heterocycles. The van der Waals surface area contributed by atoms with Gasteiger partial charge in [0.25, 0.3) is 0 Å². The van der Waals surface area contributed by atoms with Crippen LogP contribution in [0.4, 0.5) is 0 Å². The first-order valence-corrected chi connectivity index (χ1v) is 6.18. The molecule has 0 radical (unpaired) electrons. The summed E-state index contributed by atoms with van der Waals surface area (Å²) in [5, 5.41) is 6.66. The molecule has 0 bridgehead atoms. The van der Waals surface area contributed by atoms with Gasteiger partial charge in [0, 0.05) is 12.0 Å². The molecule has 5 heteroatoms. The molecule has 0 aliphatic heterocycles. The molecule has 5 nitrogen and oxygen atoms in total. The molecule has 94 valence electrons. The Balaban J connectivity index is 1.85. The largest absolute Gasteiger partial charge is 0.364 e. The number of hydrogen-bond donors (Lipinski definition) is 2. The molecule has 0 spiro atoms. The molecule has 1 aromatic rings. The Hall–Kier alpha value is -1.36. The van der Waals surface area contributed by atoms with E-state index in [1.165, 1.54) is 12.7 Å². The maximum absolute atomic E-state index is 12.0. The first-order chi connectivity index (χ1) is 8.31. The van der Waals surface area contributed by atoms with Gasteiger partial charge in [-0.05, 0) is 25.3 Å². The molecule has 1 aliphatic carbocycles. The molecule has 17 heavy (non-hydrogen) atoms. The highest BCUT2D eigenvalue weighted by Crippen LogP contribution is 2.29. The van der Waals surface area contributed by atoms with Crippen LogP contribution in [0.2, 0.25) is 0 Å². The van der Waals surface area contributed by atoms with Crippen LogP contribution in [0.25, 0.3) is 0 Å². The maximum Gasteiger partial charge on any atom is 0.223 e. The van der Waals surface area contributed by atoms with Crippen LogP contribution in [0.1, 0.15) is 31.4 Å². The molecule has 1 aliphatic rings. The molecule has 2 atom stereocenters. The fraction of sp³-hybridized carbons (Fsp3) is 0.667. The highest BCUT2D eigenvalue weighted by Gasteiger charge is 2.29. The van der Waals surface area contributed by atoms with Crippen LogP contribution < -0.4 is 11.1 Å². The summed E-state index contributed by atoms with van der Waals surface area (Å²) in [4.78, 5) is 12.0. The summed E-state index contributed by atoms with van der Waals surface area (Å²) in [6, 6.07) is 1.75. The predicted molar refractivity (Wildman–Crippen MR) is 62.9 cm³/mol. The summed E-state index contributed by atoms with van der Waals surface area (Å²) >= 11 is 0. The van der Waals surface area contributed by atoms with E-state index in [0.29, 0.717) is 19.0 Å². The smallest absolute Gasteiger partial charge is 0.223 e. The number of aromatic nitrogens is 1. The fourth-order valence-electron chi connectivity index (χ4n) is 2.47. The standard InChI is InChI=1S/C12H19N3O2/c13-7-9-3-1-2-4-11(9)12(16)14-8-10-5-6-17-15-10/h5-6,9,11H,1-4,7-8,13H2,(H,14,16). The zero-order valence-corrected chi connectivity index (χ0v) is 9.89. The van der Waals surface area contributed by atoms with Crippen molar-refractivity contribution in [1.82, 2.24) is 10.5 Å². The zero-order valence-electron chi connectivity index (χ0n) is 9.89. The number of nitrogens with two attached hydrogens (primary N) is 1. The summed E-state index contributed by atoms with van der Waals surface area (Å²) in [7, 11) is 0. The van der Waals surface area contributed by atoms with Gasteiger partial charge >= 0.3 is 0 Å². The molecular formula is C12H19N3O2. The van der Waals surface area contributed by atoms with Gasteiger partial charge < -0.3 is 15.6 Å². The molecule has 0 aromatic carbocycles. The normalized spacial score (nSPS) is 24.5. The Morgan fingerprint density at radius 2 is 2.35 bits per heavy atom. The van der Waals surface area contributed by atoms with E-state index in [-0.39, 0.29) is 11.8 Å². The summed E-state index contributed by atoms with van der Waals surface area (Å²) in [5.74, 6) is 0.504. The fourth-order valence-corrected chi connectivity index (χ4v) is 2.47. The third-order valence-corrected chi connectivity index (χ3v) is 3.48. The lowest BCUT2D eigenvalue weighted by Crippen LogP contribution is -2.39. The molecule has 2 unspecified atom stereocenters. The second kappa shape index (κ2) is 5.82. The number of rotatable bonds is 4. The Kier molecular flexibility index (Phi) is 4.14. The van der Waals surface area contributed by atoms with E-state index in [1.807, 2.05) is 0 Å². The second-order valence-corrected chi connectivity index (χ2v) is 4.60. The average molecular weight is 237 g/mol. The van der Waals surface area contributed by atoms with Gasteiger partial charge in [0.05, 0.1) is 6.54 Å². The van der Waals surface area contributed by atoms with Crippen LogP contribution in [-0.4, -0.2) is 17.6 Å². The van der Waals surface area contributed by atoms with Gasteiger partial charge in [-0.2, -0.15) is 0 Å².